The highest BCUT2D eigenvalue weighted by Gasteiger charge is 2.45. The van der Waals surface area contributed by atoms with E-state index in [-0.39, 0.29) is 25.0 Å². The van der Waals surface area contributed by atoms with Crippen LogP contribution in [0.4, 0.5) is 9.18 Å². The molecule has 0 N–H and O–H groups in total. The number of urea groups is 1. The van der Waals surface area contributed by atoms with Crippen molar-refractivity contribution in [2.75, 3.05) is 13.2 Å². The van der Waals surface area contributed by atoms with E-state index in [0.717, 1.165) is 9.80 Å². The zero-order valence-corrected chi connectivity index (χ0v) is 12.4. The second kappa shape index (κ2) is 6.55. The van der Waals surface area contributed by atoms with Crippen LogP contribution in [0.25, 0.3) is 0 Å². The number of hydrogen-bond donors (Lipinski definition) is 0. The zero-order chi connectivity index (χ0) is 16.3. The van der Waals surface area contributed by atoms with Gasteiger partial charge in [0.05, 0.1) is 6.61 Å². The zero-order valence-electron chi connectivity index (χ0n) is 12.4. The first-order valence-electron chi connectivity index (χ1n) is 6.99. The van der Waals surface area contributed by atoms with Crippen molar-refractivity contribution in [2.24, 2.45) is 0 Å². The molecule has 0 spiro atoms. The number of carbonyl (C=O) groups excluding carboxylic acids is 3. The molecule has 0 radical (unpaired) electrons. The van der Waals surface area contributed by atoms with Gasteiger partial charge in [-0.3, -0.25) is 19.4 Å². The summed E-state index contributed by atoms with van der Waals surface area (Å²) in [7, 11) is 0. The number of halogens is 1. The number of nitrogens with zero attached hydrogens (tertiary/aromatic N) is 2. The molecular formula is C15H17FN2O4. The molecule has 6 nitrogen and oxygen atoms in total. The molecule has 1 heterocycles. The van der Waals surface area contributed by atoms with Crippen LogP contribution < -0.4 is 4.74 Å². The third-order valence-corrected chi connectivity index (χ3v) is 3.21. The molecule has 4 amide bonds. The van der Waals surface area contributed by atoms with Crippen LogP contribution in [0.1, 0.15) is 20.3 Å². The molecule has 22 heavy (non-hydrogen) atoms. The Hall–Kier alpha value is -2.44. The van der Waals surface area contributed by atoms with Gasteiger partial charge in [-0.15, -0.1) is 0 Å². The fourth-order valence-electron chi connectivity index (χ4n) is 2.12. The van der Waals surface area contributed by atoms with Gasteiger partial charge in [0, 0.05) is 12.6 Å². The summed E-state index contributed by atoms with van der Waals surface area (Å²) in [6, 6.07) is 4.59. The Kier molecular flexibility index (Phi) is 4.75. The topological polar surface area (TPSA) is 66.9 Å². The van der Waals surface area contributed by atoms with Crippen molar-refractivity contribution in [3.63, 3.8) is 0 Å². The van der Waals surface area contributed by atoms with E-state index < -0.39 is 17.8 Å². The lowest BCUT2D eigenvalue weighted by Gasteiger charge is -2.18. The number of rotatable bonds is 6. The molecule has 0 unspecified atom stereocenters. The quantitative estimate of drug-likeness (QED) is 0.456. The largest absolute Gasteiger partial charge is 0.494 e. The number of amides is 4. The van der Waals surface area contributed by atoms with Gasteiger partial charge in [-0.2, -0.15) is 0 Å². The van der Waals surface area contributed by atoms with Gasteiger partial charge in [-0.05, 0) is 44.5 Å². The average molecular weight is 308 g/mol. The van der Waals surface area contributed by atoms with Crippen LogP contribution in [-0.4, -0.2) is 46.8 Å². The third kappa shape index (κ3) is 3.24. The van der Waals surface area contributed by atoms with Gasteiger partial charge < -0.3 is 4.74 Å². The van der Waals surface area contributed by atoms with Crippen LogP contribution in [0.15, 0.2) is 24.3 Å². The van der Waals surface area contributed by atoms with Gasteiger partial charge in [0.15, 0.2) is 0 Å². The van der Waals surface area contributed by atoms with E-state index in [9.17, 15) is 18.8 Å². The number of benzene rings is 1. The SMILES string of the molecule is CC(C)N1C(=O)C(=O)N(CCCOc2ccc(F)cc2)C1=O. The van der Waals surface area contributed by atoms with E-state index in [1.165, 1.54) is 24.3 Å². The summed E-state index contributed by atoms with van der Waals surface area (Å²) in [6.07, 6.45) is 0.383. The van der Waals surface area contributed by atoms with Crippen LogP contribution in [0, 0.1) is 5.82 Å². The Morgan fingerprint density at radius 3 is 2.27 bits per heavy atom. The average Bonchev–Trinajstić information content (AvgIpc) is 2.68. The molecule has 1 aromatic carbocycles. The summed E-state index contributed by atoms with van der Waals surface area (Å²) >= 11 is 0. The fourth-order valence-corrected chi connectivity index (χ4v) is 2.12. The highest BCUT2D eigenvalue weighted by atomic mass is 19.1. The highest BCUT2D eigenvalue weighted by Crippen LogP contribution is 2.16. The summed E-state index contributed by atoms with van der Waals surface area (Å²) in [5.74, 6) is -1.45. The Balaban J connectivity index is 1.84. The molecule has 0 saturated carbocycles. The standard InChI is InChI=1S/C15H17FN2O4/c1-10(2)18-14(20)13(19)17(15(18)21)8-3-9-22-12-6-4-11(16)5-7-12/h4-7,10H,3,8-9H2,1-2H3. The normalized spacial score (nSPS) is 15.2. The summed E-state index contributed by atoms with van der Waals surface area (Å²) in [5, 5.41) is 0. The number of carbonyl (C=O) groups is 3. The van der Waals surface area contributed by atoms with Gasteiger partial charge in [0.25, 0.3) is 0 Å². The van der Waals surface area contributed by atoms with Crippen LogP contribution >= 0.6 is 0 Å². The Morgan fingerprint density at radius 2 is 1.73 bits per heavy atom. The third-order valence-electron chi connectivity index (χ3n) is 3.21. The molecule has 2 rings (SSSR count). The van der Waals surface area contributed by atoms with E-state index >= 15 is 0 Å². The van der Waals surface area contributed by atoms with Crippen molar-refractivity contribution in [3.8, 4) is 5.75 Å². The fraction of sp³-hybridized carbons (Fsp3) is 0.400. The molecular weight excluding hydrogens is 291 g/mol. The Bertz CT molecular complexity index is 586. The minimum absolute atomic E-state index is 0.105. The van der Waals surface area contributed by atoms with Gasteiger partial charge in [0.2, 0.25) is 0 Å². The lowest BCUT2D eigenvalue weighted by atomic mass is 10.3. The van der Waals surface area contributed by atoms with Gasteiger partial charge >= 0.3 is 17.8 Å². The van der Waals surface area contributed by atoms with Crippen LogP contribution in [0.3, 0.4) is 0 Å². The van der Waals surface area contributed by atoms with Crippen LogP contribution in [0.2, 0.25) is 0 Å². The maximum absolute atomic E-state index is 12.7. The second-order valence-electron chi connectivity index (χ2n) is 5.16. The Morgan fingerprint density at radius 1 is 1.09 bits per heavy atom. The minimum Gasteiger partial charge on any atom is -0.494 e. The lowest BCUT2D eigenvalue weighted by molar-refractivity contribution is -0.143. The molecule has 7 heteroatoms. The molecule has 0 aromatic heterocycles. The number of hydrogen-bond acceptors (Lipinski definition) is 4. The molecule has 1 fully saturated rings. The first-order chi connectivity index (χ1) is 10.4. The van der Waals surface area contributed by atoms with E-state index in [1.54, 1.807) is 13.8 Å². The van der Waals surface area contributed by atoms with E-state index in [2.05, 4.69) is 0 Å². The minimum atomic E-state index is -0.805. The maximum Gasteiger partial charge on any atom is 0.334 e. The van der Waals surface area contributed by atoms with Crippen molar-refractivity contribution in [1.82, 2.24) is 9.80 Å². The number of ether oxygens (including phenoxy) is 1. The van der Waals surface area contributed by atoms with Crippen LogP contribution in [0.5, 0.6) is 5.75 Å². The molecule has 0 atom stereocenters. The molecule has 1 saturated heterocycles. The van der Waals surface area contributed by atoms with E-state index in [4.69, 9.17) is 4.74 Å². The summed E-state index contributed by atoms with van der Waals surface area (Å²) in [5.41, 5.74) is 0. The van der Waals surface area contributed by atoms with Gasteiger partial charge in [-0.1, -0.05) is 0 Å². The summed E-state index contributed by atoms with van der Waals surface area (Å²) in [4.78, 5) is 37.3. The first kappa shape index (κ1) is 15.9. The smallest absolute Gasteiger partial charge is 0.334 e. The van der Waals surface area contributed by atoms with Crippen molar-refractivity contribution in [3.05, 3.63) is 30.1 Å². The molecule has 1 aliphatic heterocycles. The first-order valence-corrected chi connectivity index (χ1v) is 6.99. The van der Waals surface area contributed by atoms with Gasteiger partial charge in [0.1, 0.15) is 11.6 Å². The van der Waals surface area contributed by atoms with Gasteiger partial charge in [-0.25, -0.2) is 9.18 Å². The molecule has 118 valence electrons. The van der Waals surface area contributed by atoms with E-state index in [1.807, 2.05) is 0 Å². The number of imide groups is 2. The monoisotopic (exact) mass is 308 g/mol. The highest BCUT2D eigenvalue weighted by molar-refractivity contribution is 6.44. The van der Waals surface area contributed by atoms with Crippen molar-refractivity contribution in [2.45, 2.75) is 26.3 Å². The van der Waals surface area contributed by atoms with Crippen LogP contribution in [-0.2, 0) is 9.59 Å². The maximum atomic E-state index is 12.7. The molecule has 0 aliphatic carbocycles. The van der Waals surface area contributed by atoms with E-state index in [0.29, 0.717) is 12.2 Å². The Labute approximate surface area is 127 Å². The molecule has 0 bridgehead atoms. The predicted molar refractivity (Wildman–Crippen MR) is 75.6 cm³/mol. The summed E-state index contributed by atoms with van der Waals surface area (Å²) < 4.78 is 18.1. The predicted octanol–water partition coefficient (Wildman–Crippen LogP) is 1.79. The van der Waals surface area contributed by atoms with Crippen molar-refractivity contribution in [1.29, 1.82) is 0 Å². The molecule has 1 aromatic rings. The summed E-state index contributed by atoms with van der Waals surface area (Å²) in [6.45, 7) is 3.70. The van der Waals surface area contributed by atoms with Crippen molar-refractivity contribution >= 4 is 17.8 Å². The molecule has 1 aliphatic rings. The van der Waals surface area contributed by atoms with Crippen molar-refractivity contribution < 1.29 is 23.5 Å². The second-order valence-corrected chi connectivity index (χ2v) is 5.16. The lowest BCUT2D eigenvalue weighted by Crippen LogP contribution is -2.38.